The third-order valence-electron chi connectivity index (χ3n) is 4.54. The zero-order chi connectivity index (χ0) is 21.3. The summed E-state index contributed by atoms with van der Waals surface area (Å²) in [7, 11) is 0. The van der Waals surface area contributed by atoms with Crippen molar-refractivity contribution in [1.82, 2.24) is 10.6 Å². The quantitative estimate of drug-likeness (QED) is 0.423. The minimum absolute atomic E-state index is 0.0578. The molecule has 1 atom stereocenters. The normalized spacial score (nSPS) is 13.9. The van der Waals surface area contributed by atoms with Gasteiger partial charge in [0.05, 0.1) is 11.3 Å². The van der Waals surface area contributed by atoms with Crippen LogP contribution in [0.5, 0.6) is 0 Å². The number of carbonyl (C=O) groups is 4. The second-order valence-corrected chi connectivity index (χ2v) is 8.01. The van der Waals surface area contributed by atoms with Crippen LogP contribution in [-0.2, 0) is 19.1 Å². The van der Waals surface area contributed by atoms with E-state index in [0.717, 1.165) is 12.8 Å². The van der Waals surface area contributed by atoms with Crippen LogP contribution in [0, 0.1) is 0 Å². The highest BCUT2D eigenvalue weighted by Crippen LogP contribution is 2.23. The summed E-state index contributed by atoms with van der Waals surface area (Å²) in [5.41, 5.74) is 0.597. The van der Waals surface area contributed by atoms with Crippen molar-refractivity contribution in [2.45, 2.75) is 44.2 Å². The molecule has 1 heterocycles. The number of esters is 1. The second kappa shape index (κ2) is 10.7. The number of Topliss-reactive ketones (excluding diaryl/α,β-unsaturated/α-hetero) is 1. The van der Waals surface area contributed by atoms with Gasteiger partial charge in [-0.25, -0.2) is 0 Å². The van der Waals surface area contributed by atoms with E-state index in [9.17, 15) is 19.2 Å². The Bertz CT molecular complexity index is 878. The zero-order valence-electron chi connectivity index (χ0n) is 16.5. The van der Waals surface area contributed by atoms with E-state index in [1.807, 2.05) is 11.4 Å². The van der Waals surface area contributed by atoms with E-state index < -0.39 is 12.1 Å². The van der Waals surface area contributed by atoms with Gasteiger partial charge in [0.25, 0.3) is 5.91 Å². The third-order valence-corrected chi connectivity index (χ3v) is 5.45. The molecule has 2 amide bonds. The number of carbonyl (C=O) groups excluding carboxylic acids is 4. The molecule has 0 radical (unpaired) electrons. The molecule has 0 saturated heterocycles. The highest BCUT2D eigenvalue weighted by Gasteiger charge is 2.30. The van der Waals surface area contributed by atoms with Gasteiger partial charge < -0.3 is 15.4 Å². The molecule has 7 nitrogen and oxygen atoms in total. The minimum Gasteiger partial charge on any atom is -0.447 e. The van der Waals surface area contributed by atoms with Gasteiger partial charge in [-0.15, -0.1) is 11.3 Å². The number of thiophene rings is 1. The average Bonchev–Trinajstić information content (AvgIpc) is 3.38. The Morgan fingerprint density at radius 1 is 1.00 bits per heavy atom. The predicted octanol–water partition coefficient (Wildman–Crippen LogP) is 2.78. The fraction of sp³-hybridized carbons (Fsp3) is 0.364. The highest BCUT2D eigenvalue weighted by atomic mass is 32.1. The fourth-order valence-corrected chi connectivity index (χ4v) is 3.47. The van der Waals surface area contributed by atoms with E-state index in [0.29, 0.717) is 10.4 Å². The molecular formula is C22H24N2O5S. The molecule has 1 fully saturated rings. The molecular weight excluding hydrogens is 404 g/mol. The zero-order valence-corrected chi connectivity index (χ0v) is 17.3. The smallest absolute Gasteiger partial charge is 0.308 e. The average molecular weight is 429 g/mol. The van der Waals surface area contributed by atoms with Gasteiger partial charge in [-0.2, -0.15) is 0 Å². The van der Waals surface area contributed by atoms with E-state index in [2.05, 4.69) is 10.6 Å². The molecule has 1 unspecified atom stereocenters. The standard InChI is InChI=1S/C22H24N2O5S/c25-17(18-7-4-14-30-18)10-11-19(26)23-13-12-20(27)29-21(15-5-2-1-3-6-15)22(28)24-16-8-9-16/h1-7,14,16,21H,8-13H2,(H,23,26)(H,24,28). The largest absolute Gasteiger partial charge is 0.447 e. The summed E-state index contributed by atoms with van der Waals surface area (Å²) in [4.78, 5) is 49.1. The molecule has 30 heavy (non-hydrogen) atoms. The minimum atomic E-state index is -1.02. The van der Waals surface area contributed by atoms with E-state index in [1.165, 1.54) is 11.3 Å². The van der Waals surface area contributed by atoms with Crippen molar-refractivity contribution < 1.29 is 23.9 Å². The van der Waals surface area contributed by atoms with Crippen LogP contribution in [0.2, 0.25) is 0 Å². The van der Waals surface area contributed by atoms with Crippen molar-refractivity contribution in [3.05, 3.63) is 58.3 Å². The van der Waals surface area contributed by atoms with Crippen LogP contribution in [0.15, 0.2) is 47.8 Å². The molecule has 0 bridgehead atoms. The highest BCUT2D eigenvalue weighted by molar-refractivity contribution is 7.12. The maximum absolute atomic E-state index is 12.5. The lowest BCUT2D eigenvalue weighted by molar-refractivity contribution is -0.156. The van der Waals surface area contributed by atoms with Crippen molar-refractivity contribution in [2.24, 2.45) is 0 Å². The first-order valence-corrected chi connectivity index (χ1v) is 10.8. The number of hydrogen-bond acceptors (Lipinski definition) is 6. The summed E-state index contributed by atoms with van der Waals surface area (Å²) in [5.74, 6) is -1.30. The maximum atomic E-state index is 12.5. The van der Waals surface area contributed by atoms with Crippen LogP contribution in [0.25, 0.3) is 0 Å². The number of benzene rings is 1. The Hall–Kier alpha value is -3.00. The summed E-state index contributed by atoms with van der Waals surface area (Å²) in [6.07, 6.45) is 0.962. The van der Waals surface area contributed by atoms with Crippen molar-refractivity contribution >= 4 is 34.9 Å². The van der Waals surface area contributed by atoms with Crippen molar-refractivity contribution in [2.75, 3.05) is 6.54 Å². The Labute approximate surface area is 178 Å². The monoisotopic (exact) mass is 428 g/mol. The van der Waals surface area contributed by atoms with Crippen LogP contribution < -0.4 is 10.6 Å². The summed E-state index contributed by atoms with van der Waals surface area (Å²) in [6.45, 7) is 0.0800. The van der Waals surface area contributed by atoms with Crippen molar-refractivity contribution in [3.63, 3.8) is 0 Å². The van der Waals surface area contributed by atoms with Crippen LogP contribution in [0.1, 0.15) is 53.4 Å². The van der Waals surface area contributed by atoms with E-state index in [4.69, 9.17) is 4.74 Å². The Morgan fingerprint density at radius 3 is 2.43 bits per heavy atom. The summed E-state index contributed by atoms with van der Waals surface area (Å²) < 4.78 is 5.40. The summed E-state index contributed by atoms with van der Waals surface area (Å²) in [6, 6.07) is 12.5. The molecule has 2 aromatic rings. The fourth-order valence-electron chi connectivity index (χ4n) is 2.78. The molecule has 1 aromatic carbocycles. The number of rotatable bonds is 11. The molecule has 1 aromatic heterocycles. The third kappa shape index (κ3) is 6.81. The molecule has 3 rings (SSSR count). The Kier molecular flexibility index (Phi) is 7.73. The molecule has 8 heteroatoms. The molecule has 1 aliphatic rings. The SMILES string of the molecule is O=C(CCC(=O)c1cccs1)NCCC(=O)OC(C(=O)NC1CC1)c1ccccc1. The van der Waals surface area contributed by atoms with Crippen LogP contribution in [0.4, 0.5) is 0 Å². The van der Waals surface area contributed by atoms with Gasteiger partial charge in [-0.3, -0.25) is 19.2 Å². The number of ether oxygens (including phenoxy) is 1. The van der Waals surface area contributed by atoms with Gasteiger partial charge in [-0.1, -0.05) is 36.4 Å². The lowest BCUT2D eigenvalue weighted by Gasteiger charge is -2.18. The number of hydrogen-bond donors (Lipinski definition) is 2. The first kappa shape index (κ1) is 21.7. The van der Waals surface area contributed by atoms with Crippen LogP contribution >= 0.6 is 11.3 Å². The van der Waals surface area contributed by atoms with E-state index >= 15 is 0 Å². The molecule has 0 aliphatic heterocycles. The van der Waals surface area contributed by atoms with Gasteiger partial charge in [0.15, 0.2) is 5.78 Å². The molecule has 1 saturated carbocycles. The van der Waals surface area contributed by atoms with Gasteiger partial charge in [-0.05, 0) is 24.3 Å². The number of amides is 2. The molecule has 1 aliphatic carbocycles. The summed E-state index contributed by atoms with van der Waals surface area (Å²) in [5, 5.41) is 7.28. The first-order valence-electron chi connectivity index (χ1n) is 9.91. The lowest BCUT2D eigenvalue weighted by Crippen LogP contribution is -2.34. The Morgan fingerprint density at radius 2 is 1.77 bits per heavy atom. The van der Waals surface area contributed by atoms with E-state index in [-0.39, 0.29) is 49.4 Å². The van der Waals surface area contributed by atoms with E-state index in [1.54, 1.807) is 36.4 Å². The molecule has 2 N–H and O–H groups in total. The van der Waals surface area contributed by atoms with Crippen LogP contribution in [0.3, 0.4) is 0 Å². The topological polar surface area (TPSA) is 102 Å². The second-order valence-electron chi connectivity index (χ2n) is 7.06. The Balaban J connectivity index is 1.41. The number of ketones is 1. The van der Waals surface area contributed by atoms with Gasteiger partial charge in [0.2, 0.25) is 12.0 Å². The first-order chi connectivity index (χ1) is 14.5. The van der Waals surface area contributed by atoms with Gasteiger partial charge >= 0.3 is 5.97 Å². The van der Waals surface area contributed by atoms with Crippen molar-refractivity contribution in [1.29, 1.82) is 0 Å². The van der Waals surface area contributed by atoms with Gasteiger partial charge in [0, 0.05) is 31.0 Å². The molecule has 0 spiro atoms. The predicted molar refractivity (Wildman–Crippen MR) is 112 cm³/mol. The lowest BCUT2D eigenvalue weighted by atomic mass is 10.1. The van der Waals surface area contributed by atoms with Gasteiger partial charge in [0.1, 0.15) is 0 Å². The molecule has 158 valence electrons. The summed E-state index contributed by atoms with van der Waals surface area (Å²) >= 11 is 1.34. The maximum Gasteiger partial charge on any atom is 0.308 e. The van der Waals surface area contributed by atoms with Crippen LogP contribution in [-0.4, -0.2) is 36.2 Å². The van der Waals surface area contributed by atoms with Crippen molar-refractivity contribution in [3.8, 4) is 0 Å². The number of nitrogens with one attached hydrogen (secondary N) is 2.